The maximum Gasteiger partial charge on any atom is 0.251 e. The minimum Gasteiger partial charge on any atom is -0.494 e. The molecule has 0 unspecified atom stereocenters. The first kappa shape index (κ1) is 20.3. The maximum absolute atomic E-state index is 12.8. The summed E-state index contributed by atoms with van der Waals surface area (Å²) < 4.78 is 5.39. The minimum atomic E-state index is -0.692. The van der Waals surface area contributed by atoms with E-state index in [1.807, 2.05) is 51.1 Å². The fourth-order valence-electron chi connectivity index (χ4n) is 2.97. The summed E-state index contributed by atoms with van der Waals surface area (Å²) >= 11 is 0. The van der Waals surface area contributed by atoms with E-state index < -0.39 is 6.04 Å². The van der Waals surface area contributed by atoms with Crippen molar-refractivity contribution in [1.29, 1.82) is 0 Å². The normalized spacial score (nSPS) is 11.9. The first-order valence-corrected chi connectivity index (χ1v) is 9.68. The van der Waals surface area contributed by atoms with Crippen LogP contribution >= 0.6 is 0 Å². The van der Waals surface area contributed by atoms with Crippen LogP contribution in [0, 0.1) is 5.92 Å². The molecule has 1 aromatic heterocycles. The molecule has 0 aliphatic heterocycles. The van der Waals surface area contributed by atoms with Crippen LogP contribution in [-0.2, 0) is 4.79 Å². The quantitative estimate of drug-likeness (QED) is 0.637. The number of fused-ring (bicyclic) bond motifs is 1. The molecule has 0 bridgehead atoms. The number of hydrogen-bond donors (Lipinski definition) is 2. The van der Waals surface area contributed by atoms with Gasteiger partial charge in [-0.3, -0.25) is 9.59 Å². The van der Waals surface area contributed by atoms with Gasteiger partial charge in [0.1, 0.15) is 17.6 Å². The summed E-state index contributed by atoms with van der Waals surface area (Å²) in [7, 11) is 0. The summed E-state index contributed by atoms with van der Waals surface area (Å²) in [6.45, 7) is 6.23. The molecule has 0 saturated carbocycles. The number of hydrogen-bond acceptors (Lipinski definition) is 4. The van der Waals surface area contributed by atoms with Crippen LogP contribution in [0.3, 0.4) is 0 Å². The Morgan fingerprint density at radius 1 is 1.00 bits per heavy atom. The third-order valence-electron chi connectivity index (χ3n) is 4.51. The standard InChI is InChI=1S/C23H25N3O3/c1-4-29-18-12-9-17(10-13-18)22(27)26-21(15(2)3)23(28)25-20-14-11-16-7-5-6-8-19(16)24-20/h5-15,21H,4H2,1-3H3,(H,26,27)(H,24,25,28)/t21-/m0/s1. The summed E-state index contributed by atoms with van der Waals surface area (Å²) in [5.41, 5.74) is 1.26. The third-order valence-corrected chi connectivity index (χ3v) is 4.51. The van der Waals surface area contributed by atoms with Gasteiger partial charge in [0.2, 0.25) is 5.91 Å². The fourth-order valence-corrected chi connectivity index (χ4v) is 2.97. The molecular formula is C23H25N3O3. The predicted molar refractivity (Wildman–Crippen MR) is 114 cm³/mol. The van der Waals surface area contributed by atoms with Crippen LogP contribution in [0.15, 0.2) is 60.7 Å². The zero-order valence-corrected chi connectivity index (χ0v) is 16.8. The van der Waals surface area contributed by atoms with Crippen molar-refractivity contribution in [2.75, 3.05) is 11.9 Å². The van der Waals surface area contributed by atoms with Crippen molar-refractivity contribution in [3.8, 4) is 5.75 Å². The molecule has 0 aliphatic carbocycles. The fraction of sp³-hybridized carbons (Fsp3) is 0.261. The van der Waals surface area contributed by atoms with Gasteiger partial charge in [-0.1, -0.05) is 32.0 Å². The SMILES string of the molecule is CCOc1ccc(C(=O)N[C@H](C(=O)Nc2ccc3ccccc3n2)C(C)C)cc1. The Morgan fingerprint density at radius 3 is 2.41 bits per heavy atom. The summed E-state index contributed by atoms with van der Waals surface area (Å²) in [5.74, 6) is 0.441. The van der Waals surface area contributed by atoms with Crippen LogP contribution in [-0.4, -0.2) is 29.4 Å². The molecule has 2 aromatic carbocycles. The molecule has 2 N–H and O–H groups in total. The summed E-state index contributed by atoms with van der Waals surface area (Å²) in [6, 6.07) is 17.5. The van der Waals surface area contributed by atoms with Crippen molar-refractivity contribution >= 4 is 28.5 Å². The van der Waals surface area contributed by atoms with Gasteiger partial charge in [-0.05, 0) is 55.3 Å². The zero-order chi connectivity index (χ0) is 20.8. The lowest BCUT2D eigenvalue weighted by molar-refractivity contribution is -0.118. The average Bonchev–Trinajstić information content (AvgIpc) is 2.72. The van der Waals surface area contributed by atoms with E-state index >= 15 is 0 Å². The molecule has 2 amide bonds. The van der Waals surface area contributed by atoms with Gasteiger partial charge in [-0.15, -0.1) is 0 Å². The molecule has 6 heteroatoms. The van der Waals surface area contributed by atoms with Gasteiger partial charge >= 0.3 is 0 Å². The Kier molecular flexibility index (Phi) is 6.44. The first-order chi connectivity index (χ1) is 14.0. The second-order valence-corrected chi connectivity index (χ2v) is 7.03. The predicted octanol–water partition coefficient (Wildman–Crippen LogP) is 4.03. The van der Waals surface area contributed by atoms with Crippen LogP contribution in [0.2, 0.25) is 0 Å². The number of benzene rings is 2. The molecule has 29 heavy (non-hydrogen) atoms. The van der Waals surface area contributed by atoms with Crippen LogP contribution in [0.4, 0.5) is 5.82 Å². The molecule has 0 fully saturated rings. The highest BCUT2D eigenvalue weighted by atomic mass is 16.5. The maximum atomic E-state index is 12.8. The number of para-hydroxylation sites is 1. The van der Waals surface area contributed by atoms with E-state index in [-0.39, 0.29) is 17.7 Å². The van der Waals surface area contributed by atoms with E-state index in [1.54, 1.807) is 30.3 Å². The molecule has 6 nitrogen and oxygen atoms in total. The zero-order valence-electron chi connectivity index (χ0n) is 16.8. The number of nitrogens with zero attached hydrogens (tertiary/aromatic N) is 1. The van der Waals surface area contributed by atoms with Gasteiger partial charge in [0, 0.05) is 10.9 Å². The van der Waals surface area contributed by atoms with Crippen LogP contribution in [0.25, 0.3) is 10.9 Å². The summed E-state index contributed by atoms with van der Waals surface area (Å²) in [5, 5.41) is 6.63. The third kappa shape index (κ3) is 5.10. The Hall–Kier alpha value is -3.41. The topological polar surface area (TPSA) is 80.3 Å². The number of pyridine rings is 1. The Morgan fingerprint density at radius 2 is 1.72 bits per heavy atom. The van der Waals surface area contributed by atoms with Gasteiger partial charge in [-0.25, -0.2) is 4.98 Å². The second-order valence-electron chi connectivity index (χ2n) is 7.03. The largest absolute Gasteiger partial charge is 0.494 e. The van der Waals surface area contributed by atoms with Gasteiger partial charge in [-0.2, -0.15) is 0 Å². The molecule has 3 aromatic rings. The van der Waals surface area contributed by atoms with Gasteiger partial charge in [0.15, 0.2) is 0 Å². The highest BCUT2D eigenvalue weighted by molar-refractivity contribution is 6.01. The molecule has 0 saturated heterocycles. The molecule has 1 atom stereocenters. The number of aromatic nitrogens is 1. The van der Waals surface area contributed by atoms with Crippen molar-refractivity contribution in [3.05, 3.63) is 66.2 Å². The first-order valence-electron chi connectivity index (χ1n) is 9.68. The van der Waals surface area contributed by atoms with Crippen molar-refractivity contribution in [1.82, 2.24) is 10.3 Å². The van der Waals surface area contributed by atoms with Gasteiger partial charge in [0.25, 0.3) is 5.91 Å². The minimum absolute atomic E-state index is 0.0953. The van der Waals surface area contributed by atoms with Crippen molar-refractivity contribution < 1.29 is 14.3 Å². The van der Waals surface area contributed by atoms with E-state index in [0.717, 1.165) is 10.9 Å². The monoisotopic (exact) mass is 391 g/mol. The number of rotatable bonds is 7. The van der Waals surface area contributed by atoms with Crippen molar-refractivity contribution in [2.24, 2.45) is 5.92 Å². The number of carbonyl (C=O) groups excluding carboxylic acids is 2. The molecule has 3 rings (SSSR count). The number of nitrogens with one attached hydrogen (secondary N) is 2. The summed E-state index contributed by atoms with van der Waals surface area (Å²) in [4.78, 5) is 29.9. The highest BCUT2D eigenvalue weighted by Gasteiger charge is 2.25. The molecule has 0 aliphatic rings. The molecule has 1 heterocycles. The number of carbonyl (C=O) groups is 2. The number of ether oxygens (including phenoxy) is 1. The van der Waals surface area contributed by atoms with Gasteiger partial charge in [0.05, 0.1) is 12.1 Å². The lowest BCUT2D eigenvalue weighted by Gasteiger charge is -2.21. The molecule has 150 valence electrons. The number of amides is 2. The van der Waals surface area contributed by atoms with Crippen LogP contribution < -0.4 is 15.4 Å². The molecule has 0 spiro atoms. The molecular weight excluding hydrogens is 366 g/mol. The molecule has 0 radical (unpaired) electrons. The lowest BCUT2D eigenvalue weighted by atomic mass is 10.0. The van der Waals surface area contributed by atoms with Crippen LogP contribution in [0.1, 0.15) is 31.1 Å². The number of anilines is 1. The Balaban J connectivity index is 1.70. The van der Waals surface area contributed by atoms with E-state index in [2.05, 4.69) is 15.6 Å². The summed E-state index contributed by atoms with van der Waals surface area (Å²) in [6.07, 6.45) is 0. The van der Waals surface area contributed by atoms with E-state index in [0.29, 0.717) is 23.7 Å². The van der Waals surface area contributed by atoms with E-state index in [1.165, 1.54) is 0 Å². The van der Waals surface area contributed by atoms with E-state index in [9.17, 15) is 9.59 Å². The smallest absolute Gasteiger partial charge is 0.251 e. The van der Waals surface area contributed by atoms with Gasteiger partial charge < -0.3 is 15.4 Å². The average molecular weight is 391 g/mol. The van der Waals surface area contributed by atoms with Crippen molar-refractivity contribution in [3.63, 3.8) is 0 Å². The van der Waals surface area contributed by atoms with E-state index in [4.69, 9.17) is 4.74 Å². The van der Waals surface area contributed by atoms with Crippen LogP contribution in [0.5, 0.6) is 5.75 Å². The Bertz CT molecular complexity index is 1000. The van der Waals surface area contributed by atoms with Crippen molar-refractivity contribution in [2.45, 2.75) is 26.8 Å². The Labute approximate surface area is 170 Å². The second kappa shape index (κ2) is 9.19. The lowest BCUT2D eigenvalue weighted by Crippen LogP contribution is -2.47. The highest BCUT2D eigenvalue weighted by Crippen LogP contribution is 2.16.